The highest BCUT2D eigenvalue weighted by molar-refractivity contribution is 9.10. The molecule has 1 N–H and O–H groups in total. The molecule has 0 radical (unpaired) electrons. The molecule has 80 valence electrons. The van der Waals surface area contributed by atoms with Crippen LogP contribution in [0.1, 0.15) is 10.4 Å². The van der Waals surface area contributed by atoms with Crippen LogP contribution in [0.2, 0.25) is 0 Å². The molecular weight excluding hydrogens is 286 g/mol. The lowest BCUT2D eigenvalue weighted by atomic mass is 10.2. The van der Waals surface area contributed by atoms with Gasteiger partial charge in [-0.25, -0.2) is 0 Å². The van der Waals surface area contributed by atoms with Crippen LogP contribution < -0.4 is 5.32 Å². The molecule has 0 aliphatic heterocycles. The summed E-state index contributed by atoms with van der Waals surface area (Å²) >= 11 is 5.13. The SMILES string of the molecule is N#Cc1ccncc1NCc1sccc1Br. The molecule has 16 heavy (non-hydrogen) atoms. The first-order valence-electron chi connectivity index (χ1n) is 4.61. The van der Waals surface area contributed by atoms with Gasteiger partial charge in [0.2, 0.25) is 0 Å². The van der Waals surface area contributed by atoms with Gasteiger partial charge in [-0.05, 0) is 33.4 Å². The summed E-state index contributed by atoms with van der Waals surface area (Å²) in [5.41, 5.74) is 1.38. The lowest BCUT2D eigenvalue weighted by molar-refractivity contribution is 1.16. The number of pyridine rings is 1. The molecule has 0 aliphatic carbocycles. The van der Waals surface area contributed by atoms with Crippen LogP contribution in [0.4, 0.5) is 5.69 Å². The van der Waals surface area contributed by atoms with Gasteiger partial charge in [-0.3, -0.25) is 4.98 Å². The topological polar surface area (TPSA) is 48.7 Å². The smallest absolute Gasteiger partial charge is 0.101 e. The van der Waals surface area contributed by atoms with E-state index in [4.69, 9.17) is 5.26 Å². The fraction of sp³-hybridized carbons (Fsp3) is 0.0909. The summed E-state index contributed by atoms with van der Waals surface area (Å²) in [5.74, 6) is 0. The van der Waals surface area contributed by atoms with Gasteiger partial charge in [0.25, 0.3) is 0 Å². The maximum atomic E-state index is 8.91. The van der Waals surface area contributed by atoms with Crippen LogP contribution in [0.3, 0.4) is 0 Å². The summed E-state index contributed by atoms with van der Waals surface area (Å²) in [6.45, 7) is 0.693. The Kier molecular flexibility index (Phi) is 3.54. The van der Waals surface area contributed by atoms with Crippen LogP contribution in [0, 0.1) is 11.3 Å². The van der Waals surface area contributed by atoms with Crippen molar-refractivity contribution in [1.82, 2.24) is 4.98 Å². The second-order valence-corrected chi connectivity index (χ2v) is 4.93. The van der Waals surface area contributed by atoms with Crippen LogP contribution in [-0.4, -0.2) is 4.98 Å². The van der Waals surface area contributed by atoms with Crippen molar-refractivity contribution in [2.45, 2.75) is 6.54 Å². The molecule has 0 saturated carbocycles. The van der Waals surface area contributed by atoms with E-state index in [9.17, 15) is 0 Å². The third-order valence-electron chi connectivity index (χ3n) is 2.07. The van der Waals surface area contributed by atoms with Crippen molar-refractivity contribution in [1.29, 1.82) is 5.26 Å². The minimum absolute atomic E-state index is 0.614. The maximum Gasteiger partial charge on any atom is 0.101 e. The summed E-state index contributed by atoms with van der Waals surface area (Å²) in [4.78, 5) is 5.20. The minimum Gasteiger partial charge on any atom is -0.378 e. The highest BCUT2D eigenvalue weighted by Crippen LogP contribution is 2.24. The number of hydrogen-bond donors (Lipinski definition) is 1. The minimum atomic E-state index is 0.614. The number of nitriles is 1. The van der Waals surface area contributed by atoms with Crippen molar-refractivity contribution in [2.75, 3.05) is 5.32 Å². The van der Waals surface area contributed by atoms with Gasteiger partial charge in [-0.2, -0.15) is 5.26 Å². The predicted octanol–water partition coefficient (Wildman–Crippen LogP) is 3.39. The molecule has 3 nitrogen and oxygen atoms in total. The van der Waals surface area contributed by atoms with E-state index in [1.807, 2.05) is 11.4 Å². The number of thiophene rings is 1. The Bertz CT molecular complexity index is 530. The zero-order valence-electron chi connectivity index (χ0n) is 8.27. The summed E-state index contributed by atoms with van der Waals surface area (Å²) in [6, 6.07) is 5.84. The van der Waals surface area contributed by atoms with E-state index in [1.165, 1.54) is 4.88 Å². The molecule has 0 saturated heterocycles. The normalized spacial score (nSPS) is 9.75. The molecule has 2 heterocycles. The molecule has 0 spiro atoms. The average Bonchev–Trinajstić information content (AvgIpc) is 2.72. The van der Waals surface area contributed by atoms with Crippen molar-refractivity contribution >= 4 is 33.0 Å². The van der Waals surface area contributed by atoms with Gasteiger partial charge >= 0.3 is 0 Å². The molecule has 0 amide bonds. The van der Waals surface area contributed by atoms with E-state index in [1.54, 1.807) is 29.8 Å². The van der Waals surface area contributed by atoms with Gasteiger partial charge in [-0.15, -0.1) is 11.3 Å². The first-order valence-corrected chi connectivity index (χ1v) is 6.28. The Hall–Kier alpha value is -1.38. The molecule has 0 atom stereocenters. The Morgan fingerprint density at radius 1 is 1.50 bits per heavy atom. The van der Waals surface area contributed by atoms with E-state index >= 15 is 0 Å². The third kappa shape index (κ3) is 2.40. The average molecular weight is 294 g/mol. The number of nitrogens with zero attached hydrogens (tertiary/aromatic N) is 2. The predicted molar refractivity (Wildman–Crippen MR) is 68.3 cm³/mol. The molecule has 0 unspecified atom stereocenters. The monoisotopic (exact) mass is 293 g/mol. The molecule has 0 bridgehead atoms. The highest BCUT2D eigenvalue weighted by Gasteiger charge is 2.03. The number of anilines is 1. The van der Waals surface area contributed by atoms with Gasteiger partial charge in [0.1, 0.15) is 6.07 Å². The Balaban J connectivity index is 2.11. The molecule has 5 heteroatoms. The highest BCUT2D eigenvalue weighted by atomic mass is 79.9. The maximum absolute atomic E-state index is 8.91. The van der Waals surface area contributed by atoms with Gasteiger partial charge in [-0.1, -0.05) is 0 Å². The zero-order valence-corrected chi connectivity index (χ0v) is 10.7. The van der Waals surface area contributed by atoms with Crippen molar-refractivity contribution in [2.24, 2.45) is 0 Å². The first kappa shape index (κ1) is 11.1. The molecule has 2 aromatic heterocycles. The Labute approximate surface area is 106 Å². The van der Waals surface area contributed by atoms with E-state index in [-0.39, 0.29) is 0 Å². The van der Waals surface area contributed by atoms with Crippen LogP contribution in [0.25, 0.3) is 0 Å². The largest absolute Gasteiger partial charge is 0.378 e. The van der Waals surface area contributed by atoms with Crippen molar-refractivity contribution in [3.05, 3.63) is 44.8 Å². The van der Waals surface area contributed by atoms with Crippen LogP contribution in [0.5, 0.6) is 0 Å². The van der Waals surface area contributed by atoms with Crippen LogP contribution in [0.15, 0.2) is 34.4 Å². The van der Waals surface area contributed by atoms with Gasteiger partial charge in [0, 0.05) is 15.5 Å². The summed E-state index contributed by atoms with van der Waals surface area (Å²) < 4.78 is 1.09. The molecule has 0 fully saturated rings. The van der Waals surface area contributed by atoms with Crippen LogP contribution in [-0.2, 0) is 6.54 Å². The third-order valence-corrected chi connectivity index (χ3v) is 4.00. The molecule has 0 aromatic carbocycles. The van der Waals surface area contributed by atoms with E-state index < -0.39 is 0 Å². The van der Waals surface area contributed by atoms with Gasteiger partial charge < -0.3 is 5.32 Å². The standard InChI is InChI=1S/C11H8BrN3S/c12-9-2-4-16-11(9)7-15-10-6-14-3-1-8(10)5-13/h1-4,6,15H,7H2. The number of rotatable bonds is 3. The van der Waals surface area contributed by atoms with Crippen molar-refractivity contribution < 1.29 is 0 Å². The van der Waals surface area contributed by atoms with Crippen molar-refractivity contribution in [3.8, 4) is 6.07 Å². The second-order valence-electron chi connectivity index (χ2n) is 3.08. The molecular formula is C11H8BrN3S. The second kappa shape index (κ2) is 5.10. The molecule has 2 rings (SSSR count). The Morgan fingerprint density at radius 3 is 3.06 bits per heavy atom. The number of hydrogen-bond acceptors (Lipinski definition) is 4. The summed E-state index contributed by atoms with van der Waals surface area (Å²) in [5, 5.41) is 14.1. The fourth-order valence-electron chi connectivity index (χ4n) is 1.26. The van der Waals surface area contributed by atoms with Crippen LogP contribution >= 0.6 is 27.3 Å². The zero-order chi connectivity index (χ0) is 11.4. The summed E-state index contributed by atoms with van der Waals surface area (Å²) in [6.07, 6.45) is 3.28. The lowest BCUT2D eigenvalue weighted by Gasteiger charge is -2.06. The molecule has 0 aliphatic rings. The lowest BCUT2D eigenvalue weighted by Crippen LogP contribution is -2.00. The van der Waals surface area contributed by atoms with E-state index in [0.717, 1.165) is 10.2 Å². The Morgan fingerprint density at radius 2 is 2.38 bits per heavy atom. The summed E-state index contributed by atoms with van der Waals surface area (Å²) in [7, 11) is 0. The number of halogens is 1. The number of aromatic nitrogens is 1. The first-order chi connectivity index (χ1) is 7.81. The number of nitrogens with one attached hydrogen (secondary N) is 1. The quantitative estimate of drug-likeness (QED) is 0.944. The fourth-order valence-corrected chi connectivity index (χ4v) is 2.69. The van der Waals surface area contributed by atoms with Gasteiger partial charge in [0.15, 0.2) is 0 Å². The van der Waals surface area contributed by atoms with Gasteiger partial charge in [0.05, 0.1) is 24.0 Å². The molecule has 2 aromatic rings. The van der Waals surface area contributed by atoms with Crippen molar-refractivity contribution in [3.63, 3.8) is 0 Å². The van der Waals surface area contributed by atoms with E-state index in [0.29, 0.717) is 12.1 Å². The van der Waals surface area contributed by atoms with E-state index in [2.05, 4.69) is 32.3 Å².